The van der Waals surface area contributed by atoms with E-state index in [0.717, 1.165) is 10.9 Å². The van der Waals surface area contributed by atoms with Crippen molar-refractivity contribution in [2.75, 3.05) is 26.0 Å². The monoisotopic (exact) mass is 380 g/mol. The zero-order chi connectivity index (χ0) is 20.4. The van der Waals surface area contributed by atoms with Crippen molar-refractivity contribution in [2.24, 2.45) is 0 Å². The van der Waals surface area contributed by atoms with Gasteiger partial charge in [0.25, 0.3) is 0 Å². The molecule has 0 aliphatic heterocycles. The first-order valence-electron chi connectivity index (χ1n) is 8.11. The van der Waals surface area contributed by atoms with Crippen LogP contribution < -0.4 is 4.90 Å². The smallest absolute Gasteiger partial charge is 0.443 e. The molecule has 0 saturated carbocycles. The second-order valence-corrected chi connectivity index (χ2v) is 7.51. The molecule has 0 aromatic carbocycles. The van der Waals surface area contributed by atoms with E-state index in [-0.39, 0.29) is 4.65 Å². The predicted molar refractivity (Wildman–Crippen MR) is 94.5 cm³/mol. The lowest BCUT2D eigenvalue weighted by molar-refractivity contribution is -1.04. The molecule has 2 rings (SSSR count). The van der Waals surface area contributed by atoms with Crippen LogP contribution in [0.1, 0.15) is 20.8 Å². The maximum Gasteiger partial charge on any atom is 0.478 e. The van der Waals surface area contributed by atoms with Gasteiger partial charge in [-0.05, 0) is 32.9 Å². The van der Waals surface area contributed by atoms with Gasteiger partial charge in [-0.15, -0.1) is 4.65 Å². The second kappa shape index (κ2) is 7.31. The average molecular weight is 380 g/mol. The van der Waals surface area contributed by atoms with Crippen LogP contribution >= 0.6 is 0 Å². The molecule has 27 heavy (non-hydrogen) atoms. The number of halogens is 1. The van der Waals surface area contributed by atoms with Crippen LogP contribution in [0.25, 0.3) is 5.69 Å². The Morgan fingerprint density at radius 2 is 1.85 bits per heavy atom. The molecule has 0 aliphatic rings. The highest BCUT2D eigenvalue weighted by molar-refractivity contribution is 6.09. The van der Waals surface area contributed by atoms with E-state index < -0.39 is 29.4 Å². The summed E-state index contributed by atoms with van der Waals surface area (Å²) in [4.78, 5) is 34.7. The Labute approximate surface area is 156 Å². The SMILES string of the molecule is CC(C)(C)OC(=O)N(C(=O)O[N+](C)(C)C)c1cnn(-c2cccnc2)c1F. The number of imide groups is 1. The van der Waals surface area contributed by atoms with Gasteiger partial charge in [0.2, 0.25) is 5.95 Å². The van der Waals surface area contributed by atoms with E-state index in [1.165, 1.54) is 12.4 Å². The van der Waals surface area contributed by atoms with Crippen LogP contribution in [-0.2, 0) is 9.57 Å². The number of carbonyl (C=O) groups is 2. The van der Waals surface area contributed by atoms with E-state index in [0.29, 0.717) is 10.6 Å². The van der Waals surface area contributed by atoms with Crippen LogP contribution in [-0.4, -0.2) is 58.3 Å². The van der Waals surface area contributed by atoms with Crippen molar-refractivity contribution >= 4 is 17.9 Å². The Morgan fingerprint density at radius 1 is 1.19 bits per heavy atom. The summed E-state index contributed by atoms with van der Waals surface area (Å²) in [6, 6.07) is 3.18. The normalized spacial score (nSPS) is 11.8. The largest absolute Gasteiger partial charge is 0.478 e. The maximum atomic E-state index is 15.0. The molecular formula is C17H23FN5O4+. The number of amides is 2. The molecule has 0 bridgehead atoms. The van der Waals surface area contributed by atoms with Crippen LogP contribution in [0.5, 0.6) is 0 Å². The molecule has 0 spiro atoms. The number of aromatic nitrogens is 3. The zero-order valence-electron chi connectivity index (χ0n) is 16.1. The van der Waals surface area contributed by atoms with Crippen molar-refractivity contribution in [1.82, 2.24) is 14.8 Å². The third kappa shape index (κ3) is 5.23. The summed E-state index contributed by atoms with van der Waals surface area (Å²) in [6.45, 7) is 4.89. The van der Waals surface area contributed by atoms with E-state index in [4.69, 9.17) is 9.57 Å². The molecule has 0 aliphatic carbocycles. The van der Waals surface area contributed by atoms with Crippen molar-refractivity contribution < 1.29 is 28.2 Å². The first-order chi connectivity index (χ1) is 12.4. The molecule has 9 nitrogen and oxygen atoms in total. The fourth-order valence-corrected chi connectivity index (χ4v) is 1.99. The summed E-state index contributed by atoms with van der Waals surface area (Å²) in [5.74, 6) is -0.938. The topological polar surface area (TPSA) is 86.5 Å². The van der Waals surface area contributed by atoms with Gasteiger partial charge in [0.05, 0.1) is 18.1 Å². The second-order valence-electron chi connectivity index (χ2n) is 7.51. The number of carbonyl (C=O) groups excluding carboxylic acids is 2. The number of hydrogen-bond acceptors (Lipinski definition) is 6. The molecule has 2 aromatic rings. The summed E-state index contributed by atoms with van der Waals surface area (Å²) >= 11 is 0. The van der Waals surface area contributed by atoms with Gasteiger partial charge in [0.1, 0.15) is 32.4 Å². The molecule has 2 aromatic heterocycles. The Bertz CT molecular complexity index is 796. The lowest BCUT2D eigenvalue weighted by Gasteiger charge is -2.27. The third-order valence-corrected chi connectivity index (χ3v) is 2.93. The minimum absolute atomic E-state index is 0.240. The predicted octanol–water partition coefficient (Wildman–Crippen LogP) is 2.91. The average Bonchev–Trinajstić information content (AvgIpc) is 2.86. The van der Waals surface area contributed by atoms with Gasteiger partial charge >= 0.3 is 12.2 Å². The van der Waals surface area contributed by atoms with E-state index in [1.807, 2.05) is 0 Å². The highest BCUT2D eigenvalue weighted by Crippen LogP contribution is 2.25. The van der Waals surface area contributed by atoms with E-state index in [9.17, 15) is 14.0 Å². The number of quaternary nitrogens is 1. The van der Waals surface area contributed by atoms with Crippen LogP contribution in [0.3, 0.4) is 0 Å². The number of hydroxylamine groups is 3. The van der Waals surface area contributed by atoms with Crippen molar-refractivity contribution in [3.63, 3.8) is 0 Å². The number of nitrogens with zero attached hydrogens (tertiary/aromatic N) is 5. The Morgan fingerprint density at radius 3 is 2.37 bits per heavy atom. The van der Waals surface area contributed by atoms with Gasteiger partial charge in [0.15, 0.2) is 0 Å². The van der Waals surface area contributed by atoms with E-state index in [2.05, 4.69) is 10.1 Å². The summed E-state index contributed by atoms with van der Waals surface area (Å²) < 4.78 is 20.9. The first kappa shape index (κ1) is 20.3. The van der Waals surface area contributed by atoms with Crippen LogP contribution in [0.4, 0.5) is 19.7 Å². The lowest BCUT2D eigenvalue weighted by Crippen LogP contribution is -2.47. The molecule has 0 N–H and O–H groups in total. The summed E-state index contributed by atoms with van der Waals surface area (Å²) in [5, 5.41) is 3.90. The fraction of sp³-hybridized carbons (Fsp3) is 0.412. The molecular weight excluding hydrogens is 357 g/mol. The van der Waals surface area contributed by atoms with Crippen LogP contribution in [0.15, 0.2) is 30.7 Å². The minimum atomic E-state index is -1.10. The zero-order valence-corrected chi connectivity index (χ0v) is 16.1. The van der Waals surface area contributed by atoms with E-state index in [1.54, 1.807) is 54.0 Å². The van der Waals surface area contributed by atoms with Gasteiger partial charge in [-0.2, -0.15) is 14.4 Å². The quantitative estimate of drug-likeness (QED) is 0.601. The standard InChI is InChI=1S/C17H23FN5O4/c1-17(2,3)26-15(24)21(16(25)27-23(4,5)6)13-11-20-22(14(13)18)12-8-7-9-19-10-12/h7-11H,1-6H3/q+1. The van der Waals surface area contributed by atoms with E-state index >= 15 is 0 Å². The molecule has 2 heterocycles. The molecule has 0 radical (unpaired) electrons. The molecule has 0 fully saturated rings. The highest BCUT2D eigenvalue weighted by Gasteiger charge is 2.37. The van der Waals surface area contributed by atoms with Gasteiger partial charge in [-0.3, -0.25) is 9.82 Å². The van der Waals surface area contributed by atoms with Gasteiger partial charge in [0, 0.05) is 6.20 Å². The fourth-order valence-electron chi connectivity index (χ4n) is 1.99. The lowest BCUT2D eigenvalue weighted by atomic mass is 10.2. The summed E-state index contributed by atoms with van der Waals surface area (Å²) in [5.41, 5.74) is -0.973. The minimum Gasteiger partial charge on any atom is -0.443 e. The molecule has 0 atom stereocenters. The van der Waals surface area contributed by atoms with Gasteiger partial charge < -0.3 is 4.74 Å². The molecule has 0 saturated heterocycles. The number of pyridine rings is 1. The van der Waals surface area contributed by atoms with Crippen molar-refractivity contribution in [3.8, 4) is 5.69 Å². The van der Waals surface area contributed by atoms with Crippen molar-refractivity contribution in [1.29, 1.82) is 0 Å². The Kier molecular flexibility index (Phi) is 5.50. The number of rotatable bonds is 3. The van der Waals surface area contributed by atoms with Crippen LogP contribution in [0.2, 0.25) is 0 Å². The Hall–Kier alpha value is -3.01. The molecule has 146 valence electrons. The van der Waals surface area contributed by atoms with Crippen molar-refractivity contribution in [2.45, 2.75) is 26.4 Å². The molecule has 0 unspecified atom stereocenters. The first-order valence-corrected chi connectivity index (χ1v) is 8.11. The van der Waals surface area contributed by atoms with Gasteiger partial charge in [-0.25, -0.2) is 14.3 Å². The van der Waals surface area contributed by atoms with Crippen molar-refractivity contribution in [3.05, 3.63) is 36.7 Å². The maximum absolute atomic E-state index is 15.0. The van der Waals surface area contributed by atoms with Crippen LogP contribution in [0, 0.1) is 5.95 Å². The number of anilines is 1. The number of ether oxygens (including phenoxy) is 1. The molecule has 10 heteroatoms. The summed E-state index contributed by atoms with van der Waals surface area (Å²) in [7, 11) is 4.71. The Balaban J connectivity index is 2.46. The number of hydrogen-bond donors (Lipinski definition) is 0. The highest BCUT2D eigenvalue weighted by atomic mass is 19.1. The summed E-state index contributed by atoms with van der Waals surface area (Å²) in [6.07, 6.45) is 1.79. The third-order valence-electron chi connectivity index (χ3n) is 2.93. The van der Waals surface area contributed by atoms with Gasteiger partial charge in [-0.1, -0.05) is 0 Å². The molecule has 2 amide bonds.